The fraction of sp³-hybridized carbons (Fsp3) is 0.800. The van der Waals surface area contributed by atoms with E-state index in [1.54, 1.807) is 0 Å². The van der Waals surface area contributed by atoms with Crippen LogP contribution in [0.4, 0.5) is 0 Å². The van der Waals surface area contributed by atoms with Gasteiger partial charge in [0.25, 0.3) is 0 Å². The number of nitrogens with zero attached hydrogens (tertiary/aromatic N) is 3. The quantitative estimate of drug-likeness (QED) is 0.531. The summed E-state index contributed by atoms with van der Waals surface area (Å²) in [5.74, 6) is 0. The van der Waals surface area contributed by atoms with Crippen LogP contribution in [0.1, 0.15) is 20.8 Å². The average Bonchev–Trinajstić information content (AvgIpc) is 2.12. The third kappa shape index (κ3) is 2.17. The minimum absolute atomic E-state index is 0.240. The van der Waals surface area contributed by atoms with Crippen molar-refractivity contribution in [1.82, 2.24) is 20.6 Å². The maximum Gasteiger partial charge on any atom is 0.218 e. The fourth-order valence-electron chi connectivity index (χ4n) is 0.732. The minimum Gasteiger partial charge on any atom is -0.178 e. The lowest BCUT2D eigenvalue weighted by atomic mass is 9.55. The third-order valence-corrected chi connectivity index (χ3v) is 1.08. The van der Waals surface area contributed by atoms with Crippen molar-refractivity contribution in [3.8, 4) is 0 Å². The van der Waals surface area contributed by atoms with Crippen LogP contribution in [-0.2, 0) is 0 Å². The molecule has 0 aliphatic carbocycles. The van der Waals surface area contributed by atoms with Crippen molar-refractivity contribution in [3.63, 3.8) is 0 Å². The van der Waals surface area contributed by atoms with Crippen LogP contribution >= 0.6 is 0 Å². The van der Waals surface area contributed by atoms with E-state index < -0.39 is 0 Å². The topological polar surface area (TPSA) is 54.5 Å². The smallest absolute Gasteiger partial charge is 0.178 e. The second kappa shape index (κ2) is 2.40. The molecule has 0 saturated heterocycles. The summed E-state index contributed by atoms with van der Waals surface area (Å²) in [7, 11) is 0.865. The van der Waals surface area contributed by atoms with E-state index in [-0.39, 0.29) is 5.31 Å². The van der Waals surface area contributed by atoms with Gasteiger partial charge in [0.05, 0.1) is 0 Å². The van der Waals surface area contributed by atoms with Crippen LogP contribution in [0.25, 0.3) is 0 Å². The van der Waals surface area contributed by atoms with Gasteiger partial charge in [0.2, 0.25) is 7.28 Å². The first-order valence-electron chi connectivity index (χ1n) is 3.30. The Morgan fingerprint density at radius 2 is 2.10 bits per heavy atom. The molecule has 0 bridgehead atoms. The van der Waals surface area contributed by atoms with Gasteiger partial charge in [-0.3, -0.25) is 0 Å². The summed E-state index contributed by atoms with van der Waals surface area (Å²) < 4.78 is 0. The molecule has 1 aromatic heterocycles. The van der Waals surface area contributed by atoms with Gasteiger partial charge in [0.15, 0.2) is 0 Å². The van der Waals surface area contributed by atoms with E-state index in [1.165, 1.54) is 0 Å². The average molecular weight is 138 g/mol. The highest BCUT2D eigenvalue weighted by atomic mass is 15.5. The zero-order valence-corrected chi connectivity index (χ0v) is 6.55. The SMILES string of the molecule is CC(C)(C)Bc1nn[nH]n1. The standard InChI is InChI=1S/C5H11BN4/c1-5(2,3)6-4-7-9-10-8-4/h6H,1-3H3,(H,7,8,9,10). The Hall–Kier alpha value is -0.865. The highest BCUT2D eigenvalue weighted by Gasteiger charge is 2.16. The van der Waals surface area contributed by atoms with Gasteiger partial charge in [-0.1, -0.05) is 31.3 Å². The molecule has 0 atom stereocenters. The van der Waals surface area contributed by atoms with Crippen molar-refractivity contribution in [2.45, 2.75) is 26.1 Å². The Kier molecular flexibility index (Phi) is 1.74. The van der Waals surface area contributed by atoms with Gasteiger partial charge < -0.3 is 0 Å². The van der Waals surface area contributed by atoms with Crippen LogP contribution in [0.2, 0.25) is 5.31 Å². The molecule has 1 heterocycles. The molecule has 10 heavy (non-hydrogen) atoms. The van der Waals surface area contributed by atoms with Gasteiger partial charge in [-0.25, -0.2) is 0 Å². The normalized spacial score (nSPS) is 11.5. The minimum atomic E-state index is 0.240. The van der Waals surface area contributed by atoms with Gasteiger partial charge in [-0.05, 0) is 0 Å². The van der Waals surface area contributed by atoms with Crippen molar-refractivity contribution in [1.29, 1.82) is 0 Å². The van der Waals surface area contributed by atoms with Gasteiger partial charge in [-0.15, -0.1) is 5.10 Å². The summed E-state index contributed by atoms with van der Waals surface area (Å²) in [5, 5.41) is 13.8. The van der Waals surface area contributed by atoms with Crippen LogP contribution in [0.3, 0.4) is 0 Å². The first-order chi connectivity index (χ1) is 4.58. The predicted octanol–water partition coefficient (Wildman–Crippen LogP) is -0.520. The lowest BCUT2D eigenvalue weighted by Crippen LogP contribution is -2.26. The van der Waals surface area contributed by atoms with Gasteiger partial charge in [0.1, 0.15) is 5.72 Å². The molecule has 0 aromatic carbocycles. The summed E-state index contributed by atoms with van der Waals surface area (Å²) in [6.07, 6.45) is 0. The Morgan fingerprint density at radius 3 is 2.50 bits per heavy atom. The van der Waals surface area contributed by atoms with Crippen LogP contribution in [0.15, 0.2) is 0 Å². The Labute approximate surface area is 60.7 Å². The first-order valence-corrected chi connectivity index (χ1v) is 3.30. The number of hydrogen-bond acceptors (Lipinski definition) is 3. The lowest BCUT2D eigenvalue weighted by Gasteiger charge is -2.12. The van der Waals surface area contributed by atoms with E-state index in [9.17, 15) is 0 Å². The molecular weight excluding hydrogens is 127 g/mol. The zero-order valence-electron chi connectivity index (χ0n) is 6.55. The Balaban J connectivity index is 2.57. The molecular formula is C5H11BN4. The maximum atomic E-state index is 3.85. The molecule has 1 N–H and O–H groups in total. The monoisotopic (exact) mass is 138 g/mol. The van der Waals surface area contributed by atoms with Crippen molar-refractivity contribution in [3.05, 3.63) is 0 Å². The number of aromatic nitrogens is 4. The molecule has 4 nitrogen and oxygen atoms in total. The molecule has 0 aliphatic heterocycles. The van der Waals surface area contributed by atoms with E-state index in [4.69, 9.17) is 0 Å². The van der Waals surface area contributed by atoms with E-state index >= 15 is 0 Å². The van der Waals surface area contributed by atoms with Gasteiger partial charge in [-0.2, -0.15) is 10.3 Å². The van der Waals surface area contributed by atoms with E-state index in [2.05, 4.69) is 41.4 Å². The summed E-state index contributed by atoms with van der Waals surface area (Å²) >= 11 is 0. The third-order valence-electron chi connectivity index (χ3n) is 1.08. The van der Waals surface area contributed by atoms with E-state index in [1.807, 2.05) is 0 Å². The van der Waals surface area contributed by atoms with Crippen LogP contribution in [0.5, 0.6) is 0 Å². The molecule has 0 saturated carbocycles. The summed E-state index contributed by atoms with van der Waals surface area (Å²) in [6, 6.07) is 0. The largest absolute Gasteiger partial charge is 0.218 e. The molecule has 0 unspecified atom stereocenters. The Bertz CT molecular complexity index is 188. The van der Waals surface area contributed by atoms with Gasteiger partial charge in [0, 0.05) is 0 Å². The van der Waals surface area contributed by atoms with E-state index in [0.29, 0.717) is 0 Å². The first kappa shape index (κ1) is 7.24. The molecule has 0 radical (unpaired) electrons. The number of nitrogens with one attached hydrogen (secondary N) is 1. The zero-order chi connectivity index (χ0) is 7.61. The molecule has 0 spiro atoms. The van der Waals surface area contributed by atoms with Crippen molar-refractivity contribution < 1.29 is 0 Å². The molecule has 54 valence electrons. The van der Waals surface area contributed by atoms with Crippen LogP contribution in [-0.4, -0.2) is 27.9 Å². The highest BCUT2D eigenvalue weighted by molar-refractivity contribution is 6.54. The molecule has 1 rings (SSSR count). The van der Waals surface area contributed by atoms with Crippen LogP contribution in [0, 0.1) is 0 Å². The molecule has 0 amide bonds. The predicted molar refractivity (Wildman–Crippen MR) is 40.7 cm³/mol. The summed E-state index contributed by atoms with van der Waals surface area (Å²) in [6.45, 7) is 6.43. The fourth-order valence-corrected chi connectivity index (χ4v) is 0.732. The van der Waals surface area contributed by atoms with Crippen molar-refractivity contribution in [2.75, 3.05) is 0 Å². The molecule has 0 aliphatic rings. The number of rotatable bonds is 1. The highest BCUT2D eigenvalue weighted by Crippen LogP contribution is 2.18. The second-order valence-corrected chi connectivity index (χ2v) is 3.57. The molecule has 5 heteroatoms. The van der Waals surface area contributed by atoms with Crippen molar-refractivity contribution >= 4 is 13.0 Å². The number of aromatic amines is 1. The van der Waals surface area contributed by atoms with Crippen molar-refractivity contribution in [2.24, 2.45) is 0 Å². The molecule has 1 aromatic rings. The Morgan fingerprint density at radius 1 is 1.40 bits per heavy atom. The van der Waals surface area contributed by atoms with Crippen LogP contribution < -0.4 is 5.72 Å². The molecule has 0 fully saturated rings. The second-order valence-electron chi connectivity index (χ2n) is 3.57. The number of tetrazole rings is 1. The van der Waals surface area contributed by atoms with Gasteiger partial charge >= 0.3 is 0 Å². The number of H-pyrrole nitrogens is 1. The maximum absolute atomic E-state index is 3.85. The number of hydrogen-bond donors (Lipinski definition) is 1. The summed E-state index contributed by atoms with van der Waals surface area (Å²) in [5.41, 5.74) is 0.785. The lowest BCUT2D eigenvalue weighted by molar-refractivity contribution is 0.757. The summed E-state index contributed by atoms with van der Waals surface area (Å²) in [4.78, 5) is 0. The van der Waals surface area contributed by atoms with E-state index in [0.717, 1.165) is 13.0 Å².